The molecule has 1 unspecified atom stereocenters. The molecule has 19 heavy (non-hydrogen) atoms. The van der Waals surface area contributed by atoms with E-state index in [1.54, 1.807) is 0 Å². The van der Waals surface area contributed by atoms with Crippen molar-refractivity contribution in [2.45, 2.75) is 26.8 Å². The second kappa shape index (κ2) is 6.40. The molecule has 2 rings (SSSR count). The summed E-state index contributed by atoms with van der Waals surface area (Å²) in [5, 5.41) is 3.27. The summed E-state index contributed by atoms with van der Waals surface area (Å²) in [6.45, 7) is 12.4. The topological polar surface area (TPSA) is 18.5 Å². The van der Waals surface area contributed by atoms with Gasteiger partial charge in [0.1, 0.15) is 0 Å². The Balaban J connectivity index is 2.00. The molecule has 3 heteroatoms. The van der Waals surface area contributed by atoms with Gasteiger partial charge in [0.05, 0.1) is 0 Å². The van der Waals surface area contributed by atoms with Gasteiger partial charge < -0.3 is 10.2 Å². The van der Waals surface area contributed by atoms with Crippen molar-refractivity contribution in [2.75, 3.05) is 44.7 Å². The van der Waals surface area contributed by atoms with Crippen LogP contribution in [-0.2, 0) is 0 Å². The van der Waals surface area contributed by atoms with Gasteiger partial charge >= 0.3 is 0 Å². The molecule has 1 saturated heterocycles. The first-order chi connectivity index (χ1) is 9.13. The van der Waals surface area contributed by atoms with Crippen LogP contribution in [0.3, 0.4) is 0 Å². The molecule has 0 spiro atoms. The van der Waals surface area contributed by atoms with Gasteiger partial charge in [-0.25, -0.2) is 0 Å². The van der Waals surface area contributed by atoms with E-state index < -0.39 is 0 Å². The van der Waals surface area contributed by atoms with Crippen molar-refractivity contribution in [1.82, 2.24) is 10.2 Å². The molecule has 0 saturated carbocycles. The fraction of sp³-hybridized carbons (Fsp3) is 0.625. The maximum Gasteiger partial charge on any atom is 0.0426 e. The highest BCUT2D eigenvalue weighted by molar-refractivity contribution is 5.59. The highest BCUT2D eigenvalue weighted by atomic mass is 15.3. The van der Waals surface area contributed by atoms with Crippen molar-refractivity contribution in [1.29, 1.82) is 0 Å². The molecule has 0 aliphatic carbocycles. The summed E-state index contributed by atoms with van der Waals surface area (Å²) < 4.78 is 0. The predicted molar refractivity (Wildman–Crippen MR) is 83.1 cm³/mol. The molecule has 3 nitrogen and oxygen atoms in total. The van der Waals surface area contributed by atoms with Gasteiger partial charge in [0.15, 0.2) is 0 Å². The van der Waals surface area contributed by atoms with Crippen LogP contribution in [0, 0.1) is 13.8 Å². The van der Waals surface area contributed by atoms with E-state index >= 15 is 0 Å². The largest absolute Gasteiger partial charge is 0.369 e. The average molecular weight is 261 g/mol. The van der Waals surface area contributed by atoms with Crippen LogP contribution in [0.1, 0.15) is 18.1 Å². The van der Waals surface area contributed by atoms with Crippen LogP contribution < -0.4 is 10.2 Å². The number of benzene rings is 1. The molecular weight excluding hydrogens is 234 g/mol. The minimum absolute atomic E-state index is 0.630. The molecule has 1 aromatic rings. The third kappa shape index (κ3) is 3.28. The zero-order chi connectivity index (χ0) is 13.8. The van der Waals surface area contributed by atoms with Gasteiger partial charge in [-0.2, -0.15) is 0 Å². The second-order valence-corrected chi connectivity index (χ2v) is 5.67. The van der Waals surface area contributed by atoms with Crippen LogP contribution in [0.15, 0.2) is 18.2 Å². The van der Waals surface area contributed by atoms with Crippen LogP contribution in [0.5, 0.6) is 0 Å². The number of nitrogens with one attached hydrogen (secondary N) is 1. The Kier molecular flexibility index (Phi) is 4.83. The number of rotatable bonds is 4. The minimum Gasteiger partial charge on any atom is -0.369 e. The lowest BCUT2D eigenvalue weighted by atomic mass is 10.1. The van der Waals surface area contributed by atoms with Gasteiger partial charge in [-0.15, -0.1) is 0 Å². The van der Waals surface area contributed by atoms with Gasteiger partial charge in [-0.1, -0.05) is 18.2 Å². The van der Waals surface area contributed by atoms with Crippen LogP contribution in [0.2, 0.25) is 0 Å². The first-order valence-corrected chi connectivity index (χ1v) is 7.33. The highest BCUT2D eigenvalue weighted by Crippen LogP contribution is 2.25. The number of nitrogens with zero attached hydrogens (tertiary/aromatic N) is 2. The van der Waals surface area contributed by atoms with Gasteiger partial charge in [-0.05, 0) is 38.9 Å². The molecule has 1 heterocycles. The lowest BCUT2D eigenvalue weighted by Crippen LogP contribution is -2.52. The van der Waals surface area contributed by atoms with Crippen LogP contribution in [0.25, 0.3) is 0 Å². The van der Waals surface area contributed by atoms with E-state index in [1.807, 2.05) is 7.05 Å². The Labute approximate surface area is 117 Å². The number of likely N-dealkylation sites (N-methyl/N-ethyl adjacent to an activating group) is 1. The molecule has 1 aliphatic rings. The zero-order valence-corrected chi connectivity index (χ0v) is 12.7. The van der Waals surface area contributed by atoms with Gasteiger partial charge in [0, 0.05) is 44.5 Å². The summed E-state index contributed by atoms with van der Waals surface area (Å²) >= 11 is 0. The lowest BCUT2D eigenvalue weighted by molar-refractivity contribution is 0.195. The molecule has 1 atom stereocenters. The summed E-state index contributed by atoms with van der Waals surface area (Å²) in [7, 11) is 2.03. The normalized spacial score (nSPS) is 18.6. The molecule has 0 aromatic heterocycles. The molecule has 1 aromatic carbocycles. The maximum absolute atomic E-state index is 3.27. The molecule has 1 aliphatic heterocycles. The smallest absolute Gasteiger partial charge is 0.0426 e. The highest BCUT2D eigenvalue weighted by Gasteiger charge is 2.22. The van der Waals surface area contributed by atoms with Crippen LogP contribution >= 0.6 is 0 Å². The van der Waals surface area contributed by atoms with E-state index in [-0.39, 0.29) is 0 Å². The summed E-state index contributed by atoms with van der Waals surface area (Å²) in [5.74, 6) is 0. The van der Waals surface area contributed by atoms with E-state index in [0.717, 1.165) is 32.7 Å². The van der Waals surface area contributed by atoms with Gasteiger partial charge in [0.2, 0.25) is 0 Å². The molecule has 0 amide bonds. The Morgan fingerprint density at radius 2 is 1.68 bits per heavy atom. The summed E-state index contributed by atoms with van der Waals surface area (Å²) in [4.78, 5) is 5.13. The first kappa shape index (κ1) is 14.4. The lowest BCUT2D eigenvalue weighted by Gasteiger charge is -2.40. The number of hydrogen-bond acceptors (Lipinski definition) is 3. The fourth-order valence-corrected chi connectivity index (χ4v) is 3.12. The summed E-state index contributed by atoms with van der Waals surface area (Å²) in [6, 6.07) is 7.22. The Morgan fingerprint density at radius 3 is 2.21 bits per heavy atom. The quantitative estimate of drug-likeness (QED) is 0.895. The third-order valence-corrected chi connectivity index (χ3v) is 4.19. The van der Waals surface area contributed by atoms with E-state index in [2.05, 4.69) is 54.1 Å². The van der Waals surface area contributed by atoms with E-state index in [4.69, 9.17) is 0 Å². The third-order valence-electron chi connectivity index (χ3n) is 4.19. The average Bonchev–Trinajstić information content (AvgIpc) is 2.39. The number of aryl methyl sites for hydroxylation is 2. The monoisotopic (exact) mass is 261 g/mol. The molecule has 0 bridgehead atoms. The Hall–Kier alpha value is -1.06. The molecule has 106 valence electrons. The second-order valence-electron chi connectivity index (χ2n) is 5.67. The van der Waals surface area contributed by atoms with Crippen LogP contribution in [0.4, 0.5) is 5.69 Å². The molecular formula is C16H27N3. The molecule has 0 radical (unpaired) electrons. The van der Waals surface area contributed by atoms with Crippen molar-refractivity contribution >= 4 is 5.69 Å². The van der Waals surface area contributed by atoms with Crippen molar-refractivity contribution < 1.29 is 0 Å². The number of hydrogen-bond donors (Lipinski definition) is 1. The Morgan fingerprint density at radius 1 is 1.11 bits per heavy atom. The standard InChI is InChI=1S/C16H27N3/c1-13-6-5-7-14(2)16(13)19-10-8-18(9-11-19)15(3)12-17-4/h5-7,15,17H,8-12H2,1-4H3. The number of piperazine rings is 1. The summed E-state index contributed by atoms with van der Waals surface area (Å²) in [6.07, 6.45) is 0. The Bertz CT molecular complexity index is 388. The van der Waals surface area contributed by atoms with Gasteiger partial charge in [-0.3, -0.25) is 4.90 Å². The number of anilines is 1. The SMILES string of the molecule is CNCC(C)N1CCN(c2c(C)cccc2C)CC1. The van der Waals surface area contributed by atoms with Crippen molar-refractivity contribution in [2.24, 2.45) is 0 Å². The predicted octanol–water partition coefficient (Wildman–Crippen LogP) is 2.03. The van der Waals surface area contributed by atoms with E-state index in [0.29, 0.717) is 6.04 Å². The van der Waals surface area contributed by atoms with Crippen molar-refractivity contribution in [3.8, 4) is 0 Å². The minimum atomic E-state index is 0.630. The van der Waals surface area contributed by atoms with E-state index in [1.165, 1.54) is 16.8 Å². The summed E-state index contributed by atoms with van der Waals surface area (Å²) in [5.41, 5.74) is 4.25. The van der Waals surface area contributed by atoms with Crippen molar-refractivity contribution in [3.05, 3.63) is 29.3 Å². The number of para-hydroxylation sites is 1. The maximum atomic E-state index is 3.27. The van der Waals surface area contributed by atoms with E-state index in [9.17, 15) is 0 Å². The van der Waals surface area contributed by atoms with Crippen LogP contribution in [-0.4, -0.2) is 50.7 Å². The first-order valence-electron chi connectivity index (χ1n) is 7.33. The van der Waals surface area contributed by atoms with Gasteiger partial charge in [0.25, 0.3) is 0 Å². The zero-order valence-electron chi connectivity index (χ0n) is 12.7. The van der Waals surface area contributed by atoms with Crippen molar-refractivity contribution in [3.63, 3.8) is 0 Å². The molecule has 1 fully saturated rings. The molecule has 1 N–H and O–H groups in total. The fourth-order valence-electron chi connectivity index (χ4n) is 3.12.